The maximum atomic E-state index is 13.2. The summed E-state index contributed by atoms with van der Waals surface area (Å²) in [6.07, 6.45) is 7.47. The highest BCUT2D eigenvalue weighted by Crippen LogP contribution is 2.38. The first-order chi connectivity index (χ1) is 16.6. The number of likely N-dealkylation sites (tertiary alicyclic amines) is 1. The fourth-order valence-electron chi connectivity index (χ4n) is 4.19. The molecular weight excluding hydrogens is 432 g/mol. The molecule has 3 aromatic rings. The van der Waals surface area contributed by atoms with E-state index in [0.29, 0.717) is 41.8 Å². The van der Waals surface area contributed by atoms with Crippen LogP contribution in [0, 0.1) is 0 Å². The van der Waals surface area contributed by atoms with E-state index in [4.69, 9.17) is 19.9 Å². The van der Waals surface area contributed by atoms with Crippen molar-refractivity contribution >= 4 is 11.7 Å². The number of nitrogen functional groups attached to an aromatic ring is 1. The van der Waals surface area contributed by atoms with Gasteiger partial charge in [0.1, 0.15) is 23.0 Å². The van der Waals surface area contributed by atoms with E-state index >= 15 is 0 Å². The number of ether oxygens (including phenoxy) is 3. The normalized spacial score (nSPS) is 16.2. The number of aromatic nitrogens is 2. The first-order valence-corrected chi connectivity index (χ1v) is 11.6. The van der Waals surface area contributed by atoms with Crippen molar-refractivity contribution in [2.75, 3.05) is 25.9 Å². The van der Waals surface area contributed by atoms with Gasteiger partial charge in [0.05, 0.1) is 19.4 Å². The number of para-hydroxylation sites is 1. The number of benzene rings is 1. The van der Waals surface area contributed by atoms with Gasteiger partial charge >= 0.3 is 0 Å². The maximum Gasteiger partial charge on any atom is 0.272 e. The number of amides is 1. The highest BCUT2D eigenvalue weighted by molar-refractivity contribution is 5.93. The number of hydrogen-bond donors (Lipinski definition) is 1. The SMILES string of the molecule is COc1cc(C(=O)N2CCC(c3cnc(N)cc3OC3CC3)CC2)ncc1Oc1ccccc1. The molecule has 34 heavy (non-hydrogen) atoms. The van der Waals surface area contributed by atoms with Gasteiger partial charge in [-0.2, -0.15) is 0 Å². The van der Waals surface area contributed by atoms with Crippen LogP contribution in [-0.2, 0) is 0 Å². The Morgan fingerprint density at radius 3 is 2.44 bits per heavy atom. The molecule has 1 amide bonds. The van der Waals surface area contributed by atoms with Crippen LogP contribution in [0.1, 0.15) is 47.7 Å². The van der Waals surface area contributed by atoms with Gasteiger partial charge < -0.3 is 24.8 Å². The van der Waals surface area contributed by atoms with Gasteiger partial charge in [-0.05, 0) is 43.7 Å². The zero-order valence-electron chi connectivity index (χ0n) is 19.1. The fourth-order valence-corrected chi connectivity index (χ4v) is 4.19. The van der Waals surface area contributed by atoms with E-state index in [-0.39, 0.29) is 17.9 Å². The van der Waals surface area contributed by atoms with Gasteiger partial charge in [-0.25, -0.2) is 9.97 Å². The van der Waals surface area contributed by atoms with E-state index in [9.17, 15) is 4.79 Å². The van der Waals surface area contributed by atoms with E-state index in [2.05, 4.69) is 9.97 Å². The molecule has 0 spiro atoms. The number of pyridine rings is 2. The molecule has 2 fully saturated rings. The third-order valence-corrected chi connectivity index (χ3v) is 6.20. The van der Waals surface area contributed by atoms with Gasteiger partial charge in [0.15, 0.2) is 11.5 Å². The summed E-state index contributed by atoms with van der Waals surface area (Å²) < 4.78 is 17.4. The minimum absolute atomic E-state index is 0.118. The first kappa shape index (κ1) is 22.0. The molecule has 8 heteroatoms. The number of nitrogens with two attached hydrogens (primary N) is 1. The van der Waals surface area contributed by atoms with Crippen molar-refractivity contribution < 1.29 is 19.0 Å². The Morgan fingerprint density at radius 2 is 1.74 bits per heavy atom. The minimum Gasteiger partial charge on any atom is -0.493 e. The molecule has 0 atom stereocenters. The largest absolute Gasteiger partial charge is 0.493 e. The predicted molar refractivity (Wildman–Crippen MR) is 127 cm³/mol. The summed E-state index contributed by atoms with van der Waals surface area (Å²) in [4.78, 5) is 23.6. The van der Waals surface area contributed by atoms with Gasteiger partial charge in [0.25, 0.3) is 5.91 Å². The summed E-state index contributed by atoms with van der Waals surface area (Å²) in [7, 11) is 1.55. The summed E-state index contributed by atoms with van der Waals surface area (Å²) in [6.45, 7) is 1.26. The molecule has 1 aromatic carbocycles. The Balaban J connectivity index is 1.25. The molecule has 1 saturated heterocycles. The molecule has 1 saturated carbocycles. The molecule has 5 rings (SSSR count). The second-order valence-corrected chi connectivity index (χ2v) is 8.67. The molecule has 0 radical (unpaired) electrons. The average Bonchev–Trinajstić information content (AvgIpc) is 3.69. The third kappa shape index (κ3) is 4.90. The molecule has 2 N–H and O–H groups in total. The number of rotatable bonds is 7. The van der Waals surface area contributed by atoms with Crippen LogP contribution in [0.2, 0.25) is 0 Å². The summed E-state index contributed by atoms with van der Waals surface area (Å²) in [5.41, 5.74) is 7.30. The van der Waals surface area contributed by atoms with Crippen molar-refractivity contribution in [3.8, 4) is 23.0 Å². The minimum atomic E-state index is -0.118. The van der Waals surface area contributed by atoms with E-state index in [1.165, 1.54) is 6.20 Å². The molecule has 0 bridgehead atoms. The summed E-state index contributed by atoms with van der Waals surface area (Å²) in [5, 5.41) is 0. The second-order valence-electron chi connectivity index (χ2n) is 8.67. The van der Waals surface area contributed by atoms with Crippen LogP contribution in [0.3, 0.4) is 0 Å². The number of piperidine rings is 1. The lowest BCUT2D eigenvalue weighted by molar-refractivity contribution is 0.0706. The van der Waals surface area contributed by atoms with Crippen molar-refractivity contribution in [1.82, 2.24) is 14.9 Å². The summed E-state index contributed by atoms with van der Waals surface area (Å²) >= 11 is 0. The third-order valence-electron chi connectivity index (χ3n) is 6.20. The number of hydrogen-bond acceptors (Lipinski definition) is 7. The molecule has 1 aliphatic carbocycles. The summed E-state index contributed by atoms with van der Waals surface area (Å²) in [6, 6.07) is 12.8. The van der Waals surface area contributed by atoms with Crippen molar-refractivity contribution in [2.24, 2.45) is 0 Å². The number of methoxy groups -OCH3 is 1. The van der Waals surface area contributed by atoms with E-state index < -0.39 is 0 Å². The Hall–Kier alpha value is -3.81. The maximum absolute atomic E-state index is 13.2. The topological polar surface area (TPSA) is 99.8 Å². The Bertz CT molecular complexity index is 1160. The molecule has 3 heterocycles. The van der Waals surface area contributed by atoms with Crippen LogP contribution in [-0.4, -0.2) is 47.1 Å². The van der Waals surface area contributed by atoms with Crippen molar-refractivity contribution in [3.05, 3.63) is 66.1 Å². The monoisotopic (exact) mass is 460 g/mol. The number of anilines is 1. The molecule has 8 nitrogen and oxygen atoms in total. The quantitative estimate of drug-likeness (QED) is 0.557. The van der Waals surface area contributed by atoms with Crippen LogP contribution in [0.25, 0.3) is 0 Å². The van der Waals surface area contributed by atoms with Crippen LogP contribution < -0.4 is 19.9 Å². The van der Waals surface area contributed by atoms with Crippen LogP contribution >= 0.6 is 0 Å². The van der Waals surface area contributed by atoms with E-state index in [0.717, 1.165) is 37.0 Å². The molecule has 1 aliphatic heterocycles. The lowest BCUT2D eigenvalue weighted by Crippen LogP contribution is -2.38. The number of nitrogens with zero attached hydrogens (tertiary/aromatic N) is 3. The Morgan fingerprint density at radius 1 is 0.971 bits per heavy atom. The average molecular weight is 461 g/mol. The van der Waals surface area contributed by atoms with Gasteiger partial charge in [0, 0.05) is 37.0 Å². The highest BCUT2D eigenvalue weighted by Gasteiger charge is 2.30. The first-order valence-electron chi connectivity index (χ1n) is 11.6. The smallest absolute Gasteiger partial charge is 0.272 e. The zero-order chi connectivity index (χ0) is 23.5. The number of carbonyl (C=O) groups excluding carboxylic acids is 1. The Labute approximate surface area is 198 Å². The lowest BCUT2D eigenvalue weighted by atomic mass is 9.89. The molecule has 176 valence electrons. The van der Waals surface area contributed by atoms with E-state index in [1.54, 1.807) is 13.2 Å². The van der Waals surface area contributed by atoms with Gasteiger partial charge in [-0.1, -0.05) is 18.2 Å². The second kappa shape index (κ2) is 9.59. The highest BCUT2D eigenvalue weighted by atomic mass is 16.5. The van der Waals surface area contributed by atoms with Crippen LogP contribution in [0.15, 0.2) is 54.9 Å². The standard InChI is InChI=1S/C26H28N4O4/c1-32-23-13-21(28-16-24(23)34-18-5-3-2-4-6-18)26(31)30-11-9-17(10-12-30)20-15-29-25(27)14-22(20)33-19-7-8-19/h2-6,13-17,19H,7-12H2,1H3,(H2,27,29). The van der Waals surface area contributed by atoms with Crippen LogP contribution in [0.5, 0.6) is 23.0 Å². The van der Waals surface area contributed by atoms with Gasteiger partial charge in [-0.3, -0.25) is 4.79 Å². The van der Waals surface area contributed by atoms with Gasteiger partial charge in [0.2, 0.25) is 0 Å². The van der Waals surface area contributed by atoms with Gasteiger partial charge in [-0.15, -0.1) is 0 Å². The molecule has 2 aromatic heterocycles. The lowest BCUT2D eigenvalue weighted by Gasteiger charge is -2.32. The van der Waals surface area contributed by atoms with E-state index in [1.807, 2.05) is 47.5 Å². The van der Waals surface area contributed by atoms with Crippen molar-refractivity contribution in [2.45, 2.75) is 37.7 Å². The zero-order valence-corrected chi connectivity index (χ0v) is 19.1. The number of carbonyl (C=O) groups is 1. The van der Waals surface area contributed by atoms with Crippen LogP contribution in [0.4, 0.5) is 5.82 Å². The fraction of sp³-hybridized carbons (Fsp3) is 0.346. The predicted octanol–water partition coefficient (Wildman–Crippen LogP) is 4.42. The molecule has 0 unspecified atom stereocenters. The van der Waals surface area contributed by atoms with Crippen molar-refractivity contribution in [1.29, 1.82) is 0 Å². The Kier molecular flexibility index (Phi) is 6.20. The summed E-state index contributed by atoms with van der Waals surface area (Å²) in [5.74, 6) is 3.05. The van der Waals surface area contributed by atoms with Crippen molar-refractivity contribution in [3.63, 3.8) is 0 Å². The molecule has 2 aliphatic rings. The molecular formula is C26H28N4O4.